The van der Waals surface area contributed by atoms with Gasteiger partial charge in [0.2, 0.25) is 0 Å². The maximum atomic E-state index is 12.6. The predicted molar refractivity (Wildman–Crippen MR) is 102 cm³/mol. The summed E-state index contributed by atoms with van der Waals surface area (Å²) in [7, 11) is 0. The number of epoxide rings is 1. The molecule has 2 aliphatic rings. The van der Waals surface area contributed by atoms with Crippen LogP contribution in [0.2, 0.25) is 0 Å². The molecule has 2 aromatic rings. The first-order valence-electron chi connectivity index (χ1n) is 9.42. The lowest BCUT2D eigenvalue weighted by Crippen LogP contribution is -2.25. The van der Waals surface area contributed by atoms with Crippen molar-refractivity contribution in [1.29, 1.82) is 0 Å². The topological polar surface area (TPSA) is 66.5 Å². The number of hydrogen-bond donors (Lipinski definition) is 0. The van der Waals surface area contributed by atoms with Crippen LogP contribution in [0.25, 0.3) is 0 Å². The molecule has 0 aliphatic carbocycles. The summed E-state index contributed by atoms with van der Waals surface area (Å²) >= 11 is 0. The molecule has 2 aliphatic heterocycles. The van der Waals surface area contributed by atoms with E-state index in [0.717, 1.165) is 12.4 Å². The van der Waals surface area contributed by atoms with E-state index in [1.165, 1.54) is 0 Å². The molecule has 0 aromatic heterocycles. The van der Waals surface area contributed by atoms with Crippen molar-refractivity contribution in [3.8, 4) is 11.5 Å². The van der Waals surface area contributed by atoms with E-state index in [2.05, 4.69) is 0 Å². The molecule has 0 unspecified atom stereocenters. The van der Waals surface area contributed by atoms with Gasteiger partial charge < -0.3 is 23.7 Å². The van der Waals surface area contributed by atoms with Crippen LogP contribution in [0.3, 0.4) is 0 Å². The minimum Gasteiger partial charge on any atom is -0.491 e. The number of carbonyl (C=O) groups excluding carboxylic acids is 1. The van der Waals surface area contributed by atoms with Crippen LogP contribution in [-0.2, 0) is 14.2 Å². The van der Waals surface area contributed by atoms with E-state index in [9.17, 15) is 4.79 Å². The highest BCUT2D eigenvalue weighted by Gasteiger charge is 2.33. The maximum absolute atomic E-state index is 12.6. The van der Waals surface area contributed by atoms with E-state index in [4.69, 9.17) is 23.7 Å². The molecule has 28 heavy (non-hydrogen) atoms. The minimum atomic E-state index is -0.559. The molecular formula is C22H24O6. The third kappa shape index (κ3) is 4.90. The lowest BCUT2D eigenvalue weighted by molar-refractivity contribution is -0.141. The number of ether oxygens (including phenoxy) is 5. The lowest BCUT2D eigenvalue weighted by Gasteiger charge is -2.17. The summed E-state index contributed by atoms with van der Waals surface area (Å²) < 4.78 is 27.7. The van der Waals surface area contributed by atoms with Crippen LogP contribution in [0.4, 0.5) is 0 Å². The Kier molecular flexibility index (Phi) is 5.35. The zero-order valence-electron chi connectivity index (χ0n) is 16.1. The Balaban J connectivity index is 1.30. The first-order valence-corrected chi connectivity index (χ1v) is 9.42. The number of benzene rings is 2. The van der Waals surface area contributed by atoms with Crippen LogP contribution in [0.5, 0.6) is 11.5 Å². The average molecular weight is 384 g/mol. The molecule has 2 atom stereocenters. The zero-order valence-corrected chi connectivity index (χ0v) is 16.1. The highest BCUT2D eigenvalue weighted by atomic mass is 16.7. The molecule has 4 rings (SSSR count). The predicted octanol–water partition coefficient (Wildman–Crippen LogP) is 3.23. The van der Waals surface area contributed by atoms with Gasteiger partial charge in [0, 0.05) is 11.1 Å². The summed E-state index contributed by atoms with van der Waals surface area (Å²) in [6.07, 6.45) is 0.116. The van der Waals surface area contributed by atoms with Crippen molar-refractivity contribution in [2.45, 2.75) is 31.8 Å². The molecule has 0 radical (unpaired) electrons. The summed E-state index contributed by atoms with van der Waals surface area (Å²) in [4.78, 5) is 12.6. The Hall–Kier alpha value is -2.41. The monoisotopic (exact) mass is 384 g/mol. The van der Waals surface area contributed by atoms with Gasteiger partial charge in [-0.1, -0.05) is 0 Å². The van der Waals surface area contributed by atoms with Crippen LogP contribution in [0.1, 0.15) is 29.8 Å². The van der Waals surface area contributed by atoms with Gasteiger partial charge in [0.15, 0.2) is 11.6 Å². The van der Waals surface area contributed by atoms with Gasteiger partial charge in [-0.25, -0.2) is 0 Å². The quantitative estimate of drug-likeness (QED) is 0.514. The van der Waals surface area contributed by atoms with E-state index in [0.29, 0.717) is 36.7 Å². The molecule has 0 N–H and O–H groups in total. The number of rotatable bonds is 8. The molecule has 0 saturated carbocycles. The first-order chi connectivity index (χ1) is 13.5. The molecule has 0 spiro atoms. The third-order valence-corrected chi connectivity index (χ3v) is 4.57. The van der Waals surface area contributed by atoms with Crippen molar-refractivity contribution in [2.75, 3.05) is 26.4 Å². The molecule has 148 valence electrons. The lowest BCUT2D eigenvalue weighted by atomic mass is 10.0. The second-order valence-corrected chi connectivity index (χ2v) is 7.41. The largest absolute Gasteiger partial charge is 0.491 e. The summed E-state index contributed by atoms with van der Waals surface area (Å²) in [6, 6.07) is 14.3. The highest BCUT2D eigenvalue weighted by Crippen LogP contribution is 2.24. The van der Waals surface area contributed by atoms with E-state index in [1.807, 2.05) is 13.8 Å². The maximum Gasteiger partial charge on any atom is 0.193 e. The van der Waals surface area contributed by atoms with Crippen LogP contribution < -0.4 is 9.47 Å². The fourth-order valence-electron chi connectivity index (χ4n) is 2.96. The molecule has 6 nitrogen and oxygen atoms in total. The van der Waals surface area contributed by atoms with E-state index in [-0.39, 0.29) is 18.0 Å². The molecule has 0 amide bonds. The van der Waals surface area contributed by atoms with Gasteiger partial charge >= 0.3 is 0 Å². The third-order valence-electron chi connectivity index (χ3n) is 4.57. The van der Waals surface area contributed by atoms with Gasteiger partial charge in [-0.2, -0.15) is 0 Å². The summed E-state index contributed by atoms with van der Waals surface area (Å²) in [5.74, 6) is 0.821. The van der Waals surface area contributed by atoms with Gasteiger partial charge in [0.25, 0.3) is 0 Å². The Morgan fingerprint density at radius 1 is 0.893 bits per heavy atom. The van der Waals surface area contributed by atoms with Gasteiger partial charge in [-0.3, -0.25) is 4.79 Å². The van der Waals surface area contributed by atoms with E-state index in [1.54, 1.807) is 48.5 Å². The van der Waals surface area contributed by atoms with Crippen LogP contribution in [0, 0.1) is 0 Å². The van der Waals surface area contributed by atoms with Crippen molar-refractivity contribution >= 4 is 5.78 Å². The average Bonchev–Trinajstić information content (AvgIpc) is 3.47. The molecule has 2 saturated heterocycles. The van der Waals surface area contributed by atoms with Crippen molar-refractivity contribution < 1.29 is 28.5 Å². The van der Waals surface area contributed by atoms with Gasteiger partial charge in [-0.15, -0.1) is 0 Å². The van der Waals surface area contributed by atoms with Crippen molar-refractivity contribution in [2.24, 2.45) is 0 Å². The van der Waals surface area contributed by atoms with E-state index < -0.39 is 5.79 Å². The van der Waals surface area contributed by atoms with Gasteiger partial charge in [0.1, 0.15) is 36.9 Å². The van der Waals surface area contributed by atoms with Crippen molar-refractivity contribution in [3.63, 3.8) is 0 Å². The molecule has 6 heteroatoms. The zero-order chi connectivity index (χ0) is 19.6. The number of ketones is 1. The Morgan fingerprint density at radius 3 is 1.82 bits per heavy atom. The number of carbonyl (C=O) groups is 1. The second kappa shape index (κ2) is 7.91. The summed E-state index contributed by atoms with van der Waals surface area (Å²) in [5, 5.41) is 0. The second-order valence-electron chi connectivity index (χ2n) is 7.41. The van der Waals surface area contributed by atoms with Crippen molar-refractivity contribution in [3.05, 3.63) is 59.7 Å². The normalized spacial score (nSPS) is 22.6. The van der Waals surface area contributed by atoms with Gasteiger partial charge in [-0.05, 0) is 62.4 Å². The van der Waals surface area contributed by atoms with E-state index >= 15 is 0 Å². The molecular weight excluding hydrogens is 360 g/mol. The fourth-order valence-corrected chi connectivity index (χ4v) is 2.96. The molecule has 2 fully saturated rings. The van der Waals surface area contributed by atoms with Crippen molar-refractivity contribution in [1.82, 2.24) is 0 Å². The minimum absolute atomic E-state index is 0.0436. The number of hydrogen-bond acceptors (Lipinski definition) is 6. The molecule has 2 heterocycles. The van der Waals surface area contributed by atoms with Crippen LogP contribution >= 0.6 is 0 Å². The Bertz CT molecular complexity index is 808. The van der Waals surface area contributed by atoms with Gasteiger partial charge in [0.05, 0.1) is 13.2 Å². The molecule has 0 bridgehead atoms. The van der Waals surface area contributed by atoms with Crippen LogP contribution in [-0.4, -0.2) is 50.2 Å². The SMILES string of the molecule is CC1(C)OC[C@H](COc2ccc(C(=O)c3ccc(OC[C@@H]4CO4)cc3)cc2)O1. The smallest absolute Gasteiger partial charge is 0.193 e. The first kappa shape index (κ1) is 18.9. The summed E-state index contributed by atoms with van der Waals surface area (Å²) in [5.41, 5.74) is 1.22. The highest BCUT2D eigenvalue weighted by molar-refractivity contribution is 6.09. The van der Waals surface area contributed by atoms with Crippen LogP contribution in [0.15, 0.2) is 48.5 Å². The standard InChI is InChI=1S/C22H24O6/c1-22(2)27-14-20(28-22)13-25-18-9-5-16(6-10-18)21(23)15-3-7-17(8-4-15)24-11-19-12-26-19/h3-10,19-20H,11-14H2,1-2H3/t19-,20+/m1/s1. The molecule has 2 aromatic carbocycles. The summed E-state index contributed by atoms with van der Waals surface area (Å²) in [6.45, 7) is 5.99. The Morgan fingerprint density at radius 2 is 1.39 bits per heavy atom. The fraction of sp³-hybridized carbons (Fsp3) is 0.409. The Labute approximate surface area is 164 Å².